The van der Waals surface area contributed by atoms with Crippen molar-refractivity contribution in [2.75, 3.05) is 14.1 Å². The molecule has 1 aromatic carbocycles. The molecule has 0 amide bonds. The van der Waals surface area contributed by atoms with E-state index in [1.165, 1.54) is 38.4 Å². The molecule has 3 aromatic rings. The van der Waals surface area contributed by atoms with E-state index < -0.39 is 16.0 Å². The van der Waals surface area contributed by atoms with E-state index in [1.54, 1.807) is 6.20 Å². The van der Waals surface area contributed by atoms with E-state index in [1.807, 2.05) is 29.7 Å². The second kappa shape index (κ2) is 6.89. The van der Waals surface area contributed by atoms with Crippen LogP contribution in [0.15, 0.2) is 53.7 Å². The Labute approximate surface area is 151 Å². The number of aryl methyl sites for hydroxylation is 1. The largest absolute Gasteiger partial charge is 0.456 e. The standard InChI is InChI=1S/C18H19N3O4S/c1-13-6-5-9-21-11-15(19-17(13)21)12-25-18(22)14-7-4-8-16(10-14)26(23,24)20(2)3/h4-11H,12H2,1-3H3. The Bertz CT molecular complexity index is 1070. The number of ether oxygens (including phenoxy) is 1. The van der Waals surface area contributed by atoms with Crippen LogP contribution in [0.5, 0.6) is 0 Å². The smallest absolute Gasteiger partial charge is 0.338 e. The van der Waals surface area contributed by atoms with Gasteiger partial charge in [-0.15, -0.1) is 0 Å². The summed E-state index contributed by atoms with van der Waals surface area (Å²) in [6.07, 6.45) is 3.67. The van der Waals surface area contributed by atoms with Crippen LogP contribution in [-0.2, 0) is 21.4 Å². The van der Waals surface area contributed by atoms with Gasteiger partial charge in [0.15, 0.2) is 0 Å². The molecule has 0 aliphatic heterocycles. The summed E-state index contributed by atoms with van der Waals surface area (Å²) >= 11 is 0. The molecule has 3 rings (SSSR count). The zero-order chi connectivity index (χ0) is 18.9. The minimum atomic E-state index is -3.61. The summed E-state index contributed by atoms with van der Waals surface area (Å²) in [5, 5.41) is 0. The Morgan fingerprint density at radius 2 is 2.00 bits per heavy atom. The second-order valence-electron chi connectivity index (χ2n) is 6.05. The van der Waals surface area contributed by atoms with Crippen molar-refractivity contribution in [2.45, 2.75) is 18.4 Å². The average Bonchev–Trinajstić information content (AvgIpc) is 3.04. The highest BCUT2D eigenvalue weighted by Gasteiger charge is 2.19. The van der Waals surface area contributed by atoms with Gasteiger partial charge < -0.3 is 9.14 Å². The van der Waals surface area contributed by atoms with Gasteiger partial charge in [0.1, 0.15) is 12.3 Å². The van der Waals surface area contributed by atoms with Crippen LogP contribution in [-0.4, -0.2) is 42.2 Å². The van der Waals surface area contributed by atoms with Crippen molar-refractivity contribution in [2.24, 2.45) is 0 Å². The van der Waals surface area contributed by atoms with Crippen LogP contribution in [0.4, 0.5) is 0 Å². The van der Waals surface area contributed by atoms with Gasteiger partial charge in [-0.05, 0) is 36.8 Å². The lowest BCUT2D eigenvalue weighted by Gasteiger charge is -2.12. The second-order valence-corrected chi connectivity index (χ2v) is 8.20. The molecule has 0 aliphatic rings. The Morgan fingerprint density at radius 1 is 1.23 bits per heavy atom. The molecule has 0 bridgehead atoms. The highest BCUT2D eigenvalue weighted by atomic mass is 32.2. The van der Waals surface area contributed by atoms with E-state index in [0.717, 1.165) is 15.5 Å². The van der Waals surface area contributed by atoms with Crippen molar-refractivity contribution in [3.8, 4) is 0 Å². The number of fused-ring (bicyclic) bond motifs is 1. The third kappa shape index (κ3) is 3.47. The molecule has 2 heterocycles. The van der Waals surface area contributed by atoms with Crippen LogP contribution in [0, 0.1) is 6.92 Å². The fourth-order valence-electron chi connectivity index (χ4n) is 2.49. The number of benzene rings is 1. The quantitative estimate of drug-likeness (QED) is 0.641. The van der Waals surface area contributed by atoms with E-state index in [0.29, 0.717) is 5.69 Å². The number of carbonyl (C=O) groups excluding carboxylic acids is 1. The first kappa shape index (κ1) is 18.1. The van der Waals surface area contributed by atoms with Gasteiger partial charge in [-0.3, -0.25) is 0 Å². The van der Waals surface area contributed by atoms with Crippen LogP contribution in [0.25, 0.3) is 5.65 Å². The Hall–Kier alpha value is -2.71. The first-order valence-corrected chi connectivity index (χ1v) is 9.36. The van der Waals surface area contributed by atoms with E-state index >= 15 is 0 Å². The van der Waals surface area contributed by atoms with E-state index in [2.05, 4.69) is 4.98 Å². The van der Waals surface area contributed by atoms with Crippen LogP contribution in [0.3, 0.4) is 0 Å². The van der Waals surface area contributed by atoms with Crippen molar-refractivity contribution in [3.63, 3.8) is 0 Å². The molecule has 136 valence electrons. The number of rotatable bonds is 5. The molecule has 0 atom stereocenters. The van der Waals surface area contributed by atoms with Crippen LogP contribution in [0.1, 0.15) is 21.6 Å². The third-order valence-corrected chi connectivity index (χ3v) is 5.74. The van der Waals surface area contributed by atoms with Gasteiger partial charge in [0.05, 0.1) is 16.2 Å². The highest BCUT2D eigenvalue weighted by Crippen LogP contribution is 2.16. The van der Waals surface area contributed by atoms with Gasteiger partial charge in [-0.2, -0.15) is 0 Å². The number of nitrogens with zero attached hydrogens (tertiary/aromatic N) is 3. The zero-order valence-electron chi connectivity index (χ0n) is 14.7. The van der Waals surface area contributed by atoms with Crippen molar-refractivity contribution in [1.82, 2.24) is 13.7 Å². The molecule has 2 aromatic heterocycles. The molecule has 0 fully saturated rings. The predicted molar refractivity (Wildman–Crippen MR) is 96.4 cm³/mol. The van der Waals surface area contributed by atoms with E-state index in [-0.39, 0.29) is 17.1 Å². The maximum absolute atomic E-state index is 12.3. The number of hydrogen-bond donors (Lipinski definition) is 0. The lowest BCUT2D eigenvalue weighted by atomic mass is 10.2. The van der Waals surface area contributed by atoms with Gasteiger partial charge in [-0.1, -0.05) is 12.1 Å². The molecule has 26 heavy (non-hydrogen) atoms. The van der Waals surface area contributed by atoms with Gasteiger partial charge in [0.2, 0.25) is 10.0 Å². The van der Waals surface area contributed by atoms with Crippen molar-refractivity contribution in [3.05, 3.63) is 65.6 Å². The fourth-order valence-corrected chi connectivity index (χ4v) is 3.44. The minimum Gasteiger partial charge on any atom is -0.456 e. The van der Waals surface area contributed by atoms with Crippen molar-refractivity contribution >= 4 is 21.6 Å². The number of esters is 1. The number of imidazole rings is 1. The summed E-state index contributed by atoms with van der Waals surface area (Å²) in [6.45, 7) is 1.96. The van der Waals surface area contributed by atoms with Gasteiger partial charge in [-0.25, -0.2) is 22.5 Å². The molecule has 0 saturated carbocycles. The highest BCUT2D eigenvalue weighted by molar-refractivity contribution is 7.89. The predicted octanol–water partition coefficient (Wildman–Crippen LogP) is 2.25. The summed E-state index contributed by atoms with van der Waals surface area (Å²) < 4.78 is 32.6. The van der Waals surface area contributed by atoms with Gasteiger partial charge in [0, 0.05) is 26.5 Å². The molecule has 0 radical (unpaired) electrons. The average molecular weight is 373 g/mol. The van der Waals surface area contributed by atoms with Crippen LogP contribution >= 0.6 is 0 Å². The molecule has 0 saturated heterocycles. The number of hydrogen-bond acceptors (Lipinski definition) is 5. The molecular weight excluding hydrogens is 354 g/mol. The summed E-state index contributed by atoms with van der Waals surface area (Å²) in [5.41, 5.74) is 2.61. The normalized spacial score (nSPS) is 11.8. The molecule has 7 nitrogen and oxygen atoms in total. The van der Waals surface area contributed by atoms with Gasteiger partial charge >= 0.3 is 5.97 Å². The third-order valence-electron chi connectivity index (χ3n) is 3.93. The van der Waals surface area contributed by atoms with Crippen LogP contribution in [0.2, 0.25) is 0 Å². The maximum atomic E-state index is 12.3. The van der Waals surface area contributed by atoms with Crippen molar-refractivity contribution < 1.29 is 17.9 Å². The van der Waals surface area contributed by atoms with Crippen molar-refractivity contribution in [1.29, 1.82) is 0 Å². The Kier molecular flexibility index (Phi) is 4.80. The monoisotopic (exact) mass is 373 g/mol. The molecule has 8 heteroatoms. The number of aromatic nitrogens is 2. The lowest BCUT2D eigenvalue weighted by Crippen LogP contribution is -2.22. The molecule has 0 aliphatic carbocycles. The van der Waals surface area contributed by atoms with Gasteiger partial charge in [0.25, 0.3) is 0 Å². The lowest BCUT2D eigenvalue weighted by molar-refractivity contribution is 0.0468. The number of sulfonamides is 1. The summed E-state index contributed by atoms with van der Waals surface area (Å²) in [6, 6.07) is 9.65. The van der Waals surface area contributed by atoms with E-state index in [9.17, 15) is 13.2 Å². The molecular formula is C18H19N3O4S. The van der Waals surface area contributed by atoms with Crippen LogP contribution < -0.4 is 0 Å². The summed E-state index contributed by atoms with van der Waals surface area (Å²) in [4.78, 5) is 16.8. The fraction of sp³-hybridized carbons (Fsp3) is 0.222. The topological polar surface area (TPSA) is 81.0 Å². The minimum absolute atomic E-state index is 0.00457. The molecule has 0 spiro atoms. The number of carbonyl (C=O) groups is 1. The Morgan fingerprint density at radius 3 is 2.69 bits per heavy atom. The summed E-state index contributed by atoms with van der Waals surface area (Å²) in [5.74, 6) is -0.602. The first-order valence-electron chi connectivity index (χ1n) is 7.92. The summed E-state index contributed by atoms with van der Waals surface area (Å²) in [7, 11) is -0.740. The molecule has 0 unspecified atom stereocenters. The first-order chi connectivity index (χ1) is 12.3. The molecule has 0 N–H and O–H groups in total. The number of pyridine rings is 1. The maximum Gasteiger partial charge on any atom is 0.338 e. The van der Waals surface area contributed by atoms with E-state index in [4.69, 9.17) is 4.74 Å². The SMILES string of the molecule is Cc1cccn2cc(COC(=O)c3cccc(S(=O)(=O)N(C)C)c3)nc12. The Balaban J connectivity index is 1.77. The zero-order valence-corrected chi connectivity index (χ0v) is 15.5.